The first-order valence-corrected chi connectivity index (χ1v) is 8.60. The molecule has 8 heteroatoms. The number of phenols is 1. The van der Waals surface area contributed by atoms with Gasteiger partial charge in [-0.15, -0.1) is 0 Å². The SMILES string of the molecule is Nc1ccc(C(=O)Nc2ccc3c(S(=O)(=O)O)ccc(O)c3c2)cc1. The molecular formula is C17H14N2O5S. The Labute approximate surface area is 143 Å². The molecule has 0 bridgehead atoms. The smallest absolute Gasteiger partial charge is 0.295 e. The van der Waals surface area contributed by atoms with E-state index in [0.717, 1.165) is 12.1 Å². The van der Waals surface area contributed by atoms with Crippen molar-refractivity contribution in [3.63, 3.8) is 0 Å². The fraction of sp³-hybridized carbons (Fsp3) is 0. The van der Waals surface area contributed by atoms with Crippen LogP contribution in [0.4, 0.5) is 11.4 Å². The molecule has 0 saturated heterocycles. The lowest BCUT2D eigenvalue weighted by Crippen LogP contribution is -2.11. The molecule has 0 aliphatic carbocycles. The minimum absolute atomic E-state index is 0.146. The summed E-state index contributed by atoms with van der Waals surface area (Å²) in [6, 6.07) is 12.9. The van der Waals surface area contributed by atoms with E-state index in [1.54, 1.807) is 24.3 Å². The van der Waals surface area contributed by atoms with Gasteiger partial charge in [0.15, 0.2) is 0 Å². The average molecular weight is 358 g/mol. The van der Waals surface area contributed by atoms with Gasteiger partial charge >= 0.3 is 0 Å². The molecule has 0 heterocycles. The van der Waals surface area contributed by atoms with Crippen LogP contribution in [0.25, 0.3) is 10.8 Å². The Morgan fingerprint density at radius 1 is 0.960 bits per heavy atom. The molecule has 3 aromatic carbocycles. The molecule has 3 aromatic rings. The van der Waals surface area contributed by atoms with Gasteiger partial charge in [-0.1, -0.05) is 6.07 Å². The summed E-state index contributed by atoms with van der Waals surface area (Å²) >= 11 is 0. The van der Waals surface area contributed by atoms with Crippen LogP contribution in [0.1, 0.15) is 10.4 Å². The van der Waals surface area contributed by atoms with E-state index >= 15 is 0 Å². The molecule has 3 rings (SSSR count). The molecule has 0 aliphatic rings. The van der Waals surface area contributed by atoms with Crippen molar-refractivity contribution in [1.82, 2.24) is 0 Å². The third-order valence-corrected chi connectivity index (χ3v) is 4.57. The van der Waals surface area contributed by atoms with Crippen LogP contribution in [0.5, 0.6) is 5.75 Å². The summed E-state index contributed by atoms with van der Waals surface area (Å²) < 4.78 is 32.1. The number of phenolic OH excluding ortho intramolecular Hbond substituents is 1. The molecule has 0 fully saturated rings. The van der Waals surface area contributed by atoms with Crippen LogP contribution in [0.3, 0.4) is 0 Å². The first-order valence-electron chi connectivity index (χ1n) is 7.16. The van der Waals surface area contributed by atoms with Gasteiger partial charge in [-0.3, -0.25) is 9.35 Å². The highest BCUT2D eigenvalue weighted by atomic mass is 32.2. The van der Waals surface area contributed by atoms with Crippen molar-refractivity contribution in [2.75, 3.05) is 11.1 Å². The fourth-order valence-corrected chi connectivity index (χ4v) is 3.14. The summed E-state index contributed by atoms with van der Waals surface area (Å²) in [5.41, 5.74) is 6.86. The number of nitrogen functional groups attached to an aromatic ring is 1. The number of amides is 1. The van der Waals surface area contributed by atoms with Crippen molar-refractivity contribution >= 4 is 38.2 Å². The summed E-state index contributed by atoms with van der Waals surface area (Å²) in [6.45, 7) is 0. The average Bonchev–Trinajstić information content (AvgIpc) is 2.55. The molecule has 128 valence electrons. The van der Waals surface area contributed by atoms with Crippen molar-refractivity contribution in [3.05, 3.63) is 60.2 Å². The lowest BCUT2D eigenvalue weighted by atomic mass is 10.1. The maximum absolute atomic E-state index is 12.2. The standard InChI is InChI=1S/C17H14N2O5S/c18-11-3-1-10(2-4-11)17(21)19-12-5-6-13-14(9-12)15(20)7-8-16(13)25(22,23)24/h1-9,20H,18H2,(H,19,21)(H,22,23,24). The lowest BCUT2D eigenvalue weighted by molar-refractivity contribution is 0.102. The molecule has 0 spiro atoms. The van der Waals surface area contributed by atoms with Gasteiger partial charge in [0, 0.05) is 27.7 Å². The molecule has 1 amide bonds. The Morgan fingerprint density at radius 3 is 2.28 bits per heavy atom. The minimum Gasteiger partial charge on any atom is -0.507 e. The topological polar surface area (TPSA) is 130 Å². The van der Waals surface area contributed by atoms with Crippen LogP contribution in [0, 0.1) is 0 Å². The molecule has 0 atom stereocenters. The summed E-state index contributed by atoms with van der Waals surface area (Å²) in [5, 5.41) is 12.9. The monoisotopic (exact) mass is 358 g/mol. The second kappa shape index (κ2) is 6.08. The normalized spacial score (nSPS) is 11.4. The molecule has 0 saturated carbocycles. The number of nitrogens with two attached hydrogens (primary N) is 1. The minimum atomic E-state index is -4.44. The summed E-state index contributed by atoms with van der Waals surface area (Å²) in [7, 11) is -4.44. The highest BCUT2D eigenvalue weighted by Crippen LogP contribution is 2.32. The van der Waals surface area contributed by atoms with Gasteiger partial charge in [-0.25, -0.2) is 0 Å². The third-order valence-electron chi connectivity index (χ3n) is 3.66. The van der Waals surface area contributed by atoms with E-state index < -0.39 is 10.1 Å². The van der Waals surface area contributed by atoms with Crippen molar-refractivity contribution in [1.29, 1.82) is 0 Å². The molecule has 0 unspecified atom stereocenters. The highest BCUT2D eigenvalue weighted by molar-refractivity contribution is 7.86. The van der Waals surface area contributed by atoms with Gasteiger partial charge in [0.05, 0.1) is 0 Å². The predicted octanol–water partition coefficient (Wildman–Crippen LogP) is 2.63. The molecule has 5 N–H and O–H groups in total. The van der Waals surface area contributed by atoms with E-state index in [-0.39, 0.29) is 27.3 Å². The van der Waals surface area contributed by atoms with Gasteiger partial charge in [0.2, 0.25) is 0 Å². The van der Waals surface area contributed by atoms with E-state index in [1.807, 2.05) is 0 Å². The maximum atomic E-state index is 12.2. The fourth-order valence-electron chi connectivity index (χ4n) is 2.45. The van der Waals surface area contributed by atoms with E-state index in [0.29, 0.717) is 16.9 Å². The maximum Gasteiger partial charge on any atom is 0.295 e. The first kappa shape index (κ1) is 16.7. The van der Waals surface area contributed by atoms with Crippen molar-refractivity contribution in [2.24, 2.45) is 0 Å². The Bertz CT molecular complexity index is 1080. The van der Waals surface area contributed by atoms with Crippen LogP contribution < -0.4 is 11.1 Å². The number of rotatable bonds is 3. The Kier molecular flexibility index (Phi) is 4.07. The largest absolute Gasteiger partial charge is 0.507 e. The van der Waals surface area contributed by atoms with Gasteiger partial charge in [0.25, 0.3) is 16.0 Å². The van der Waals surface area contributed by atoms with Crippen LogP contribution in [0.2, 0.25) is 0 Å². The van der Waals surface area contributed by atoms with Crippen molar-refractivity contribution in [2.45, 2.75) is 4.90 Å². The number of hydrogen-bond acceptors (Lipinski definition) is 5. The van der Waals surface area contributed by atoms with Gasteiger partial charge in [-0.2, -0.15) is 8.42 Å². The zero-order valence-electron chi connectivity index (χ0n) is 12.8. The second-order valence-corrected chi connectivity index (χ2v) is 6.78. The lowest BCUT2D eigenvalue weighted by Gasteiger charge is -2.10. The summed E-state index contributed by atoms with van der Waals surface area (Å²) in [5.74, 6) is -0.559. The number of hydrogen-bond donors (Lipinski definition) is 4. The van der Waals surface area contributed by atoms with E-state index in [1.165, 1.54) is 18.2 Å². The van der Waals surface area contributed by atoms with Crippen molar-refractivity contribution in [3.8, 4) is 5.75 Å². The second-order valence-electron chi connectivity index (χ2n) is 5.39. The van der Waals surface area contributed by atoms with Crippen LogP contribution in [-0.4, -0.2) is 24.0 Å². The van der Waals surface area contributed by atoms with Crippen molar-refractivity contribution < 1.29 is 22.9 Å². The summed E-state index contributed by atoms with van der Waals surface area (Å²) in [4.78, 5) is 11.9. The Balaban J connectivity index is 2.00. The number of benzene rings is 3. The highest BCUT2D eigenvalue weighted by Gasteiger charge is 2.16. The van der Waals surface area contributed by atoms with Crippen LogP contribution >= 0.6 is 0 Å². The third kappa shape index (κ3) is 3.39. The molecule has 25 heavy (non-hydrogen) atoms. The molecule has 0 aliphatic heterocycles. The van der Waals surface area contributed by atoms with Gasteiger partial charge in [-0.05, 0) is 48.5 Å². The predicted molar refractivity (Wildman–Crippen MR) is 94.2 cm³/mol. The first-order chi connectivity index (χ1) is 11.8. The van der Waals surface area contributed by atoms with E-state index in [2.05, 4.69) is 5.32 Å². The summed E-state index contributed by atoms with van der Waals surface area (Å²) in [6.07, 6.45) is 0. The number of fused-ring (bicyclic) bond motifs is 1. The quantitative estimate of drug-likeness (QED) is 0.421. The molecular weight excluding hydrogens is 344 g/mol. The number of carbonyl (C=O) groups excluding carboxylic acids is 1. The number of anilines is 2. The molecule has 0 aromatic heterocycles. The Hall–Kier alpha value is -3.10. The van der Waals surface area contributed by atoms with E-state index in [4.69, 9.17) is 5.73 Å². The molecule has 7 nitrogen and oxygen atoms in total. The number of aromatic hydroxyl groups is 1. The number of carbonyl (C=O) groups is 1. The zero-order valence-corrected chi connectivity index (χ0v) is 13.6. The van der Waals surface area contributed by atoms with Crippen LogP contribution in [0.15, 0.2) is 59.5 Å². The van der Waals surface area contributed by atoms with Gasteiger partial charge < -0.3 is 16.2 Å². The van der Waals surface area contributed by atoms with Crippen LogP contribution in [-0.2, 0) is 10.1 Å². The molecule has 0 radical (unpaired) electrons. The van der Waals surface area contributed by atoms with Gasteiger partial charge in [0.1, 0.15) is 10.6 Å². The Morgan fingerprint density at radius 2 is 1.64 bits per heavy atom. The van der Waals surface area contributed by atoms with E-state index in [9.17, 15) is 22.9 Å². The number of nitrogens with one attached hydrogen (secondary N) is 1. The zero-order chi connectivity index (χ0) is 18.2.